The van der Waals surface area contributed by atoms with E-state index in [0.29, 0.717) is 0 Å². The molecule has 1 heterocycles. The van der Waals surface area contributed by atoms with Crippen LogP contribution in [0.1, 0.15) is 19.5 Å². The highest BCUT2D eigenvalue weighted by molar-refractivity contribution is 7.99. The van der Waals surface area contributed by atoms with Crippen LogP contribution in [0.15, 0.2) is 29.2 Å². The summed E-state index contributed by atoms with van der Waals surface area (Å²) in [6.07, 6.45) is 0.753. The van der Waals surface area contributed by atoms with Crippen LogP contribution in [0.5, 0.6) is 5.88 Å². The number of hydrogen-bond acceptors (Lipinski definition) is 3. The lowest BCUT2D eigenvalue weighted by Gasteiger charge is -2.00. The normalized spacial score (nSPS) is 10.7. The fourth-order valence-corrected chi connectivity index (χ4v) is 2.32. The summed E-state index contributed by atoms with van der Waals surface area (Å²) in [7, 11) is 0. The minimum absolute atomic E-state index is 0.106. The summed E-state index contributed by atoms with van der Waals surface area (Å²) in [6.45, 7) is 4.12. The Hall–Kier alpha value is -1.42. The number of aromatic amines is 1. The van der Waals surface area contributed by atoms with E-state index in [1.54, 1.807) is 0 Å². The lowest BCUT2D eigenvalue weighted by molar-refractivity contribution is 0.450. The van der Waals surface area contributed by atoms with Gasteiger partial charge in [0.1, 0.15) is 5.82 Å². The molecule has 0 spiro atoms. The highest BCUT2D eigenvalue weighted by Crippen LogP contribution is 2.25. The Labute approximate surface area is 105 Å². The molecule has 0 amide bonds. The smallest absolute Gasteiger partial charge is 0.232 e. The summed E-state index contributed by atoms with van der Waals surface area (Å²) < 4.78 is 0. The third-order valence-corrected chi connectivity index (χ3v) is 3.44. The first kappa shape index (κ1) is 12.0. The van der Waals surface area contributed by atoms with E-state index in [0.717, 1.165) is 29.3 Å². The van der Waals surface area contributed by atoms with Crippen LogP contribution in [-0.4, -0.2) is 20.8 Å². The van der Waals surface area contributed by atoms with Gasteiger partial charge in [0, 0.05) is 10.5 Å². The average molecular weight is 248 g/mol. The van der Waals surface area contributed by atoms with Gasteiger partial charge in [0.15, 0.2) is 0 Å². The molecule has 0 fully saturated rings. The van der Waals surface area contributed by atoms with Gasteiger partial charge >= 0.3 is 0 Å². The van der Waals surface area contributed by atoms with Crippen LogP contribution in [0.4, 0.5) is 0 Å². The molecule has 3 nitrogen and oxygen atoms in total. The van der Waals surface area contributed by atoms with Gasteiger partial charge in [-0.25, -0.2) is 0 Å². The Balaban J connectivity index is 2.26. The molecule has 0 bridgehead atoms. The Morgan fingerprint density at radius 2 is 1.94 bits per heavy atom. The van der Waals surface area contributed by atoms with Gasteiger partial charge in [-0.05, 0) is 24.3 Å². The van der Waals surface area contributed by atoms with Gasteiger partial charge < -0.3 is 10.1 Å². The Bertz CT molecular complexity index is 491. The first-order chi connectivity index (χ1) is 8.24. The predicted octanol–water partition coefficient (Wildman–Crippen LogP) is 3.46. The van der Waals surface area contributed by atoms with E-state index in [1.807, 2.05) is 30.8 Å². The van der Waals surface area contributed by atoms with E-state index in [4.69, 9.17) is 0 Å². The molecule has 1 aromatic heterocycles. The first-order valence-corrected chi connectivity index (χ1v) is 6.74. The molecule has 2 rings (SSSR count). The molecule has 0 aliphatic heterocycles. The zero-order valence-corrected chi connectivity index (χ0v) is 10.8. The molecule has 0 saturated heterocycles. The SMILES string of the molecule is CCSc1ccc(-c2nc(O)c(CC)[nH]2)cc1. The summed E-state index contributed by atoms with van der Waals surface area (Å²) in [6, 6.07) is 8.20. The third kappa shape index (κ3) is 2.64. The quantitative estimate of drug-likeness (QED) is 0.815. The summed E-state index contributed by atoms with van der Waals surface area (Å²) >= 11 is 1.81. The molecular weight excluding hydrogens is 232 g/mol. The standard InChI is InChI=1S/C13H16N2OS/c1-3-11-13(16)15-12(14-11)9-5-7-10(8-6-9)17-4-2/h5-8,16H,3-4H2,1-2H3,(H,14,15). The maximum atomic E-state index is 9.59. The highest BCUT2D eigenvalue weighted by Gasteiger charge is 2.08. The van der Waals surface area contributed by atoms with E-state index in [2.05, 4.69) is 29.0 Å². The van der Waals surface area contributed by atoms with Crippen molar-refractivity contribution < 1.29 is 5.11 Å². The minimum Gasteiger partial charge on any atom is -0.492 e. The number of aryl methyl sites for hydroxylation is 1. The predicted molar refractivity (Wildman–Crippen MR) is 71.5 cm³/mol. The van der Waals surface area contributed by atoms with Crippen molar-refractivity contribution in [3.05, 3.63) is 30.0 Å². The second-order valence-electron chi connectivity index (χ2n) is 3.70. The van der Waals surface area contributed by atoms with Crippen molar-refractivity contribution in [3.63, 3.8) is 0 Å². The van der Waals surface area contributed by atoms with Crippen molar-refractivity contribution in [2.24, 2.45) is 0 Å². The van der Waals surface area contributed by atoms with Crippen LogP contribution in [0.3, 0.4) is 0 Å². The molecule has 0 aliphatic rings. The van der Waals surface area contributed by atoms with Crippen molar-refractivity contribution in [3.8, 4) is 17.3 Å². The molecular formula is C13H16N2OS. The molecule has 0 unspecified atom stereocenters. The van der Waals surface area contributed by atoms with Gasteiger partial charge in [-0.3, -0.25) is 0 Å². The monoisotopic (exact) mass is 248 g/mol. The van der Waals surface area contributed by atoms with Crippen molar-refractivity contribution >= 4 is 11.8 Å². The lowest BCUT2D eigenvalue weighted by Crippen LogP contribution is -1.82. The molecule has 90 valence electrons. The molecule has 0 atom stereocenters. The summed E-state index contributed by atoms with van der Waals surface area (Å²) in [5.74, 6) is 1.91. The number of aromatic hydroxyl groups is 1. The van der Waals surface area contributed by atoms with Crippen LogP contribution in [0, 0.1) is 0 Å². The van der Waals surface area contributed by atoms with Gasteiger partial charge in [0.25, 0.3) is 0 Å². The van der Waals surface area contributed by atoms with Gasteiger partial charge in [-0.15, -0.1) is 11.8 Å². The van der Waals surface area contributed by atoms with E-state index < -0.39 is 0 Å². The van der Waals surface area contributed by atoms with E-state index in [1.165, 1.54) is 4.90 Å². The van der Waals surface area contributed by atoms with Crippen LogP contribution in [-0.2, 0) is 6.42 Å². The lowest BCUT2D eigenvalue weighted by atomic mass is 10.2. The number of thioether (sulfide) groups is 1. The van der Waals surface area contributed by atoms with Crippen molar-refractivity contribution in [1.29, 1.82) is 0 Å². The Morgan fingerprint density at radius 3 is 2.47 bits per heavy atom. The maximum Gasteiger partial charge on any atom is 0.232 e. The summed E-state index contributed by atoms with van der Waals surface area (Å²) in [5.41, 5.74) is 1.78. The molecule has 0 aliphatic carbocycles. The van der Waals surface area contributed by atoms with E-state index in [-0.39, 0.29) is 5.88 Å². The van der Waals surface area contributed by atoms with Gasteiger partial charge in [-0.2, -0.15) is 4.98 Å². The van der Waals surface area contributed by atoms with E-state index >= 15 is 0 Å². The number of imidazole rings is 1. The number of aromatic nitrogens is 2. The van der Waals surface area contributed by atoms with Crippen molar-refractivity contribution in [1.82, 2.24) is 9.97 Å². The number of nitrogens with one attached hydrogen (secondary N) is 1. The number of hydrogen-bond donors (Lipinski definition) is 2. The molecule has 0 saturated carbocycles. The van der Waals surface area contributed by atoms with Crippen LogP contribution >= 0.6 is 11.8 Å². The van der Waals surface area contributed by atoms with Crippen LogP contribution in [0.25, 0.3) is 11.4 Å². The van der Waals surface area contributed by atoms with Crippen LogP contribution in [0.2, 0.25) is 0 Å². The molecule has 1 aromatic carbocycles. The average Bonchev–Trinajstić information content (AvgIpc) is 2.72. The second-order valence-corrected chi connectivity index (χ2v) is 5.04. The van der Waals surface area contributed by atoms with Gasteiger partial charge in [0.05, 0.1) is 5.69 Å². The second kappa shape index (κ2) is 5.27. The zero-order chi connectivity index (χ0) is 12.3. The first-order valence-electron chi connectivity index (χ1n) is 5.75. The van der Waals surface area contributed by atoms with E-state index in [9.17, 15) is 5.11 Å². The fourth-order valence-electron chi connectivity index (χ4n) is 1.66. The minimum atomic E-state index is 0.106. The van der Waals surface area contributed by atoms with Gasteiger partial charge in [-0.1, -0.05) is 26.0 Å². The van der Waals surface area contributed by atoms with Crippen molar-refractivity contribution in [2.75, 3.05) is 5.75 Å². The summed E-state index contributed by atoms with van der Waals surface area (Å²) in [5, 5.41) is 9.59. The highest BCUT2D eigenvalue weighted by atomic mass is 32.2. The maximum absolute atomic E-state index is 9.59. The Kier molecular flexibility index (Phi) is 3.74. The molecule has 17 heavy (non-hydrogen) atoms. The zero-order valence-electron chi connectivity index (χ0n) is 10.0. The number of nitrogens with zero attached hydrogens (tertiary/aromatic N) is 1. The largest absolute Gasteiger partial charge is 0.492 e. The van der Waals surface area contributed by atoms with Gasteiger partial charge in [0.2, 0.25) is 5.88 Å². The topological polar surface area (TPSA) is 48.9 Å². The number of H-pyrrole nitrogens is 1. The van der Waals surface area contributed by atoms with Crippen molar-refractivity contribution in [2.45, 2.75) is 25.2 Å². The number of rotatable bonds is 4. The molecule has 4 heteroatoms. The molecule has 2 aromatic rings. The molecule has 0 radical (unpaired) electrons. The fraction of sp³-hybridized carbons (Fsp3) is 0.308. The molecule has 2 N–H and O–H groups in total. The third-order valence-electron chi connectivity index (χ3n) is 2.55. The van der Waals surface area contributed by atoms with Crippen LogP contribution < -0.4 is 0 Å². The summed E-state index contributed by atoms with van der Waals surface area (Å²) in [4.78, 5) is 8.50. The Morgan fingerprint density at radius 1 is 1.24 bits per heavy atom. The number of benzene rings is 1.